The fourth-order valence-electron chi connectivity index (χ4n) is 6.53. The first-order chi connectivity index (χ1) is 15.5. The summed E-state index contributed by atoms with van der Waals surface area (Å²) < 4.78 is 25.5. The smallest absolute Gasteiger partial charge is 0.199 e. The lowest BCUT2D eigenvalue weighted by Gasteiger charge is -2.45. The van der Waals surface area contributed by atoms with E-state index in [-0.39, 0.29) is 0 Å². The van der Waals surface area contributed by atoms with Crippen LogP contribution in [-0.2, 0) is 18.9 Å². The molecule has 2 spiro atoms. The van der Waals surface area contributed by atoms with E-state index in [1.165, 1.54) is 0 Å². The van der Waals surface area contributed by atoms with Crippen molar-refractivity contribution in [2.24, 2.45) is 0 Å². The SMILES string of the molecule is O=C(c1ccccc1)[C@@]1(O)[C@@H]2OC3(CCCCC3)O[C@@H]2[C@@H](O)[C@@H]2OC3(CCCCC3)O[C@H]21. The number of carbonyl (C=O) groups excluding carboxylic acids is 1. The number of ketones is 1. The maximum atomic E-state index is 13.9. The standard InChI is InChI=1S/C25H32O7/c26-17-18-21(31-23(29-18)12-6-2-7-13-23)25(28,20(27)16-10-4-1-5-11-16)22-19(17)30-24(32-22)14-8-3-9-15-24/h1,4-5,10-11,17-19,21-22,26,28H,2-3,6-9,12-15H2/t17-,18-,19+,21-,22-,25-/m1/s1. The normalized spacial score (nSPS) is 42.0. The van der Waals surface area contributed by atoms with Gasteiger partial charge in [0.05, 0.1) is 0 Å². The Morgan fingerprint density at radius 1 is 0.750 bits per heavy atom. The van der Waals surface area contributed by atoms with Crippen molar-refractivity contribution in [3.8, 4) is 0 Å². The van der Waals surface area contributed by atoms with E-state index >= 15 is 0 Å². The molecule has 7 heteroatoms. The van der Waals surface area contributed by atoms with Gasteiger partial charge in [-0.15, -0.1) is 0 Å². The molecule has 1 aromatic carbocycles. The minimum absolute atomic E-state index is 0.380. The summed E-state index contributed by atoms with van der Waals surface area (Å²) in [5.74, 6) is -2.22. The van der Waals surface area contributed by atoms with Crippen LogP contribution in [0.5, 0.6) is 0 Å². The summed E-state index contributed by atoms with van der Waals surface area (Å²) in [5, 5.41) is 23.5. The van der Waals surface area contributed by atoms with Crippen LogP contribution < -0.4 is 0 Å². The molecule has 3 aliphatic carbocycles. The molecular weight excluding hydrogens is 412 g/mol. The van der Waals surface area contributed by atoms with E-state index in [4.69, 9.17) is 18.9 Å². The van der Waals surface area contributed by atoms with Crippen molar-refractivity contribution in [2.45, 2.75) is 112 Å². The maximum absolute atomic E-state index is 13.9. The van der Waals surface area contributed by atoms with Gasteiger partial charge in [-0.05, 0) is 25.7 Å². The van der Waals surface area contributed by atoms with Crippen molar-refractivity contribution in [3.63, 3.8) is 0 Å². The molecule has 0 bridgehead atoms. The lowest BCUT2D eigenvalue weighted by molar-refractivity contribution is -0.230. The Kier molecular flexibility index (Phi) is 5.02. The monoisotopic (exact) mass is 444 g/mol. The Bertz CT molecular complexity index is 816. The molecule has 2 saturated heterocycles. The second-order valence-corrected chi connectivity index (χ2v) is 10.2. The lowest BCUT2D eigenvalue weighted by atomic mass is 9.71. The molecule has 2 heterocycles. The average Bonchev–Trinajstić information content (AvgIpc) is 3.39. The highest BCUT2D eigenvalue weighted by atomic mass is 16.8. The lowest BCUT2D eigenvalue weighted by Crippen LogP contribution is -2.72. The number of ether oxygens (including phenoxy) is 4. The highest BCUT2D eigenvalue weighted by molar-refractivity contribution is 6.03. The third-order valence-corrected chi connectivity index (χ3v) is 8.15. The molecule has 0 unspecified atom stereocenters. The van der Waals surface area contributed by atoms with Gasteiger partial charge < -0.3 is 29.2 Å². The Hall–Kier alpha value is -1.35. The molecule has 5 aliphatic rings. The summed E-state index contributed by atoms with van der Waals surface area (Å²) in [5.41, 5.74) is -1.64. The summed E-state index contributed by atoms with van der Waals surface area (Å²) in [7, 11) is 0. The van der Waals surface area contributed by atoms with Crippen LogP contribution in [0, 0.1) is 0 Å². The number of carbonyl (C=O) groups is 1. The molecule has 6 atom stereocenters. The van der Waals surface area contributed by atoms with Crippen molar-refractivity contribution in [3.05, 3.63) is 35.9 Å². The van der Waals surface area contributed by atoms with Gasteiger partial charge in [-0.25, -0.2) is 0 Å². The maximum Gasteiger partial charge on any atom is 0.199 e. The van der Waals surface area contributed by atoms with Crippen molar-refractivity contribution in [1.29, 1.82) is 0 Å². The van der Waals surface area contributed by atoms with Gasteiger partial charge in [-0.3, -0.25) is 4.79 Å². The fraction of sp³-hybridized carbons (Fsp3) is 0.720. The first-order valence-electron chi connectivity index (χ1n) is 12.2. The number of benzene rings is 1. The number of aliphatic hydroxyl groups excluding tert-OH is 1. The second-order valence-electron chi connectivity index (χ2n) is 10.2. The molecule has 6 rings (SSSR count). The van der Waals surface area contributed by atoms with E-state index in [2.05, 4.69) is 0 Å². The van der Waals surface area contributed by atoms with Crippen molar-refractivity contribution >= 4 is 5.78 Å². The molecular formula is C25H32O7. The molecule has 0 radical (unpaired) electrons. The first-order valence-corrected chi connectivity index (χ1v) is 12.2. The quantitative estimate of drug-likeness (QED) is 0.678. The van der Waals surface area contributed by atoms with Gasteiger partial charge in [0.25, 0.3) is 0 Å². The van der Waals surface area contributed by atoms with Gasteiger partial charge in [0.15, 0.2) is 23.0 Å². The zero-order valence-electron chi connectivity index (χ0n) is 18.3. The molecule has 5 fully saturated rings. The van der Waals surface area contributed by atoms with Crippen LogP contribution in [0.2, 0.25) is 0 Å². The number of Topliss-reactive ketones (excluding diaryl/α,β-unsaturated/α-hetero) is 1. The zero-order valence-corrected chi connectivity index (χ0v) is 18.3. The molecule has 1 aromatic rings. The topological polar surface area (TPSA) is 94.5 Å². The van der Waals surface area contributed by atoms with Crippen LogP contribution in [0.3, 0.4) is 0 Å². The minimum Gasteiger partial charge on any atom is -0.387 e. The van der Waals surface area contributed by atoms with Crippen LogP contribution in [0.15, 0.2) is 30.3 Å². The summed E-state index contributed by atoms with van der Waals surface area (Å²) in [4.78, 5) is 13.9. The number of hydrogen-bond acceptors (Lipinski definition) is 7. The van der Waals surface area contributed by atoms with Crippen LogP contribution in [0.25, 0.3) is 0 Å². The number of aliphatic hydroxyl groups is 2. The van der Waals surface area contributed by atoms with Gasteiger partial charge in [0.1, 0.15) is 30.5 Å². The summed E-state index contributed by atoms with van der Waals surface area (Å²) in [6, 6.07) is 8.75. The number of rotatable bonds is 2. The predicted molar refractivity (Wildman–Crippen MR) is 113 cm³/mol. The van der Waals surface area contributed by atoms with Crippen molar-refractivity contribution in [2.75, 3.05) is 0 Å². The van der Waals surface area contributed by atoms with Gasteiger partial charge in [-0.1, -0.05) is 43.2 Å². The molecule has 174 valence electrons. The van der Waals surface area contributed by atoms with Gasteiger partial charge in [0, 0.05) is 31.2 Å². The number of fused-ring (bicyclic) bond motifs is 2. The Balaban J connectivity index is 1.42. The fourth-order valence-corrected chi connectivity index (χ4v) is 6.53. The Morgan fingerprint density at radius 3 is 1.69 bits per heavy atom. The van der Waals surface area contributed by atoms with Crippen LogP contribution >= 0.6 is 0 Å². The van der Waals surface area contributed by atoms with Crippen LogP contribution in [-0.4, -0.2) is 63.7 Å². The predicted octanol–water partition coefficient (Wildman–Crippen LogP) is 2.86. The third kappa shape index (κ3) is 3.06. The molecule has 3 saturated carbocycles. The highest BCUT2D eigenvalue weighted by Crippen LogP contribution is 2.54. The van der Waals surface area contributed by atoms with E-state index in [1.807, 2.05) is 6.07 Å². The summed E-state index contributed by atoms with van der Waals surface area (Å²) in [6.45, 7) is 0. The van der Waals surface area contributed by atoms with Crippen LogP contribution in [0.1, 0.15) is 74.6 Å². The van der Waals surface area contributed by atoms with E-state index in [0.717, 1.165) is 38.5 Å². The molecule has 2 aliphatic heterocycles. The Labute approximate surface area is 188 Å². The zero-order chi connectivity index (χ0) is 22.0. The van der Waals surface area contributed by atoms with E-state index < -0.39 is 53.5 Å². The average molecular weight is 445 g/mol. The number of hydrogen-bond donors (Lipinski definition) is 2. The van der Waals surface area contributed by atoms with Crippen molar-refractivity contribution < 1.29 is 34.0 Å². The van der Waals surface area contributed by atoms with E-state index in [1.54, 1.807) is 24.3 Å². The molecule has 0 aromatic heterocycles. The Morgan fingerprint density at radius 2 is 1.22 bits per heavy atom. The second kappa shape index (κ2) is 7.58. The van der Waals surface area contributed by atoms with Gasteiger partial charge >= 0.3 is 0 Å². The summed E-state index contributed by atoms with van der Waals surface area (Å²) in [6.07, 6.45) is 3.93. The first kappa shape index (κ1) is 21.2. The highest BCUT2D eigenvalue weighted by Gasteiger charge is 2.73. The molecule has 2 N–H and O–H groups in total. The minimum atomic E-state index is -2.02. The molecule has 7 nitrogen and oxygen atoms in total. The van der Waals surface area contributed by atoms with Crippen LogP contribution in [0.4, 0.5) is 0 Å². The molecule has 32 heavy (non-hydrogen) atoms. The van der Waals surface area contributed by atoms with Crippen molar-refractivity contribution in [1.82, 2.24) is 0 Å². The molecule has 0 amide bonds. The third-order valence-electron chi connectivity index (χ3n) is 8.15. The largest absolute Gasteiger partial charge is 0.387 e. The van der Waals surface area contributed by atoms with E-state index in [9.17, 15) is 15.0 Å². The van der Waals surface area contributed by atoms with Gasteiger partial charge in [0.2, 0.25) is 0 Å². The van der Waals surface area contributed by atoms with E-state index in [0.29, 0.717) is 31.2 Å². The van der Waals surface area contributed by atoms with Gasteiger partial charge in [-0.2, -0.15) is 0 Å². The summed E-state index contributed by atoms with van der Waals surface area (Å²) >= 11 is 0.